The monoisotopic (exact) mass is 487 g/mol. The van der Waals surface area contributed by atoms with E-state index in [1.54, 1.807) is 27.7 Å². The number of aliphatic imine (C=N–C) groups is 1. The van der Waals surface area contributed by atoms with Crippen molar-refractivity contribution in [3.63, 3.8) is 0 Å². The van der Waals surface area contributed by atoms with Crippen LogP contribution in [-0.2, 0) is 19.2 Å². The molecule has 0 heterocycles. The number of aliphatic hydroxyl groups excluding tert-OH is 1. The first-order valence-electron chi connectivity index (χ1n) is 11.4. The van der Waals surface area contributed by atoms with Gasteiger partial charge in [-0.25, -0.2) is 4.79 Å². The maximum absolute atomic E-state index is 12.9. The van der Waals surface area contributed by atoms with E-state index in [1.165, 1.54) is 6.92 Å². The summed E-state index contributed by atoms with van der Waals surface area (Å²) in [7, 11) is 0. The standard InChI is InChI=1S/C21H41N7O6/c1-6-11(4)15(20(33)34)27-17(30)13(8-7-9-25-21(23)24)26-19(32)16(12(5)29)28-18(31)14(22)10(2)3/h10-16,29H,6-9,22H2,1-5H3,(H,26,32)(H,27,30)(H,28,31)(H,33,34)(H4,23,24,25). The van der Waals surface area contributed by atoms with Crippen molar-refractivity contribution >= 4 is 29.7 Å². The van der Waals surface area contributed by atoms with Gasteiger partial charge in [0.1, 0.15) is 18.1 Å². The molecule has 0 aliphatic rings. The van der Waals surface area contributed by atoms with Gasteiger partial charge in [-0.1, -0.05) is 34.1 Å². The Morgan fingerprint density at radius 1 is 0.912 bits per heavy atom. The molecular weight excluding hydrogens is 446 g/mol. The van der Waals surface area contributed by atoms with Crippen LogP contribution in [0.15, 0.2) is 4.99 Å². The Labute approximate surface area is 200 Å². The van der Waals surface area contributed by atoms with Gasteiger partial charge in [0, 0.05) is 6.54 Å². The molecule has 6 unspecified atom stereocenters. The van der Waals surface area contributed by atoms with Crippen LogP contribution in [0.3, 0.4) is 0 Å². The highest BCUT2D eigenvalue weighted by atomic mass is 16.4. The number of hydrogen-bond acceptors (Lipinski definition) is 7. The fraction of sp³-hybridized carbons (Fsp3) is 0.762. The smallest absolute Gasteiger partial charge is 0.326 e. The molecule has 0 radical (unpaired) electrons. The van der Waals surface area contributed by atoms with Gasteiger partial charge in [-0.05, 0) is 31.6 Å². The van der Waals surface area contributed by atoms with Crippen LogP contribution in [0.1, 0.15) is 53.9 Å². The highest BCUT2D eigenvalue weighted by molar-refractivity contribution is 5.94. The summed E-state index contributed by atoms with van der Waals surface area (Å²) in [5.74, 6) is -4.08. The molecule has 0 aromatic heterocycles. The molecule has 0 bridgehead atoms. The lowest BCUT2D eigenvalue weighted by Crippen LogP contribution is -2.60. The number of carboxylic acids is 1. The SMILES string of the molecule is CCC(C)C(NC(=O)C(CCCN=C(N)N)NC(=O)C(NC(=O)C(N)C(C)C)C(C)O)C(=O)O. The second-order valence-corrected chi connectivity index (χ2v) is 8.72. The van der Waals surface area contributed by atoms with E-state index in [0.717, 1.165) is 0 Å². The number of nitrogens with one attached hydrogen (secondary N) is 3. The summed E-state index contributed by atoms with van der Waals surface area (Å²) in [6, 6.07) is -4.61. The fourth-order valence-electron chi connectivity index (χ4n) is 2.93. The Kier molecular flexibility index (Phi) is 13.8. The molecule has 11 N–H and O–H groups in total. The topological polar surface area (TPSA) is 235 Å². The summed E-state index contributed by atoms with van der Waals surface area (Å²) >= 11 is 0. The number of guanidine groups is 1. The van der Waals surface area contributed by atoms with E-state index in [9.17, 15) is 29.4 Å². The zero-order valence-electron chi connectivity index (χ0n) is 20.6. The lowest BCUT2D eigenvalue weighted by atomic mass is 9.98. The van der Waals surface area contributed by atoms with Crippen molar-refractivity contribution in [3.05, 3.63) is 0 Å². The van der Waals surface area contributed by atoms with Crippen molar-refractivity contribution in [1.82, 2.24) is 16.0 Å². The Balaban J connectivity index is 5.62. The molecule has 6 atom stereocenters. The van der Waals surface area contributed by atoms with E-state index in [2.05, 4.69) is 20.9 Å². The maximum Gasteiger partial charge on any atom is 0.326 e. The lowest BCUT2D eigenvalue weighted by molar-refractivity contribution is -0.144. The number of rotatable bonds is 15. The minimum Gasteiger partial charge on any atom is -0.480 e. The summed E-state index contributed by atoms with van der Waals surface area (Å²) in [6.45, 7) is 8.42. The van der Waals surface area contributed by atoms with E-state index in [-0.39, 0.29) is 30.8 Å². The lowest BCUT2D eigenvalue weighted by Gasteiger charge is -2.27. The minimum absolute atomic E-state index is 0.0766. The average molecular weight is 488 g/mol. The Morgan fingerprint density at radius 3 is 1.91 bits per heavy atom. The molecule has 0 spiro atoms. The summed E-state index contributed by atoms with van der Waals surface area (Å²) < 4.78 is 0. The second-order valence-electron chi connectivity index (χ2n) is 8.72. The van der Waals surface area contributed by atoms with E-state index in [4.69, 9.17) is 17.2 Å². The van der Waals surface area contributed by atoms with Crippen molar-refractivity contribution in [2.24, 2.45) is 34.0 Å². The molecule has 13 nitrogen and oxygen atoms in total. The normalized spacial score (nSPS) is 16.4. The predicted octanol–water partition coefficient (Wildman–Crippen LogP) is -2.01. The number of amides is 3. The first kappa shape index (κ1) is 31.1. The highest BCUT2D eigenvalue weighted by Crippen LogP contribution is 2.10. The van der Waals surface area contributed by atoms with Crippen LogP contribution in [0.5, 0.6) is 0 Å². The van der Waals surface area contributed by atoms with Gasteiger partial charge in [-0.2, -0.15) is 0 Å². The number of hydrogen-bond donors (Lipinski definition) is 8. The van der Waals surface area contributed by atoms with E-state index in [1.807, 2.05) is 0 Å². The van der Waals surface area contributed by atoms with Crippen molar-refractivity contribution in [1.29, 1.82) is 0 Å². The fourth-order valence-corrected chi connectivity index (χ4v) is 2.93. The Bertz CT molecular complexity index is 724. The number of aliphatic carboxylic acids is 1. The van der Waals surface area contributed by atoms with Gasteiger partial charge in [0.15, 0.2) is 5.96 Å². The van der Waals surface area contributed by atoms with Gasteiger partial charge in [0.25, 0.3) is 0 Å². The zero-order chi connectivity index (χ0) is 26.6. The van der Waals surface area contributed by atoms with Crippen LogP contribution in [0, 0.1) is 11.8 Å². The van der Waals surface area contributed by atoms with Gasteiger partial charge < -0.3 is 43.4 Å². The van der Waals surface area contributed by atoms with Gasteiger partial charge >= 0.3 is 5.97 Å². The molecule has 0 aliphatic heterocycles. The maximum atomic E-state index is 12.9. The summed E-state index contributed by atoms with van der Waals surface area (Å²) in [4.78, 5) is 53.6. The van der Waals surface area contributed by atoms with Gasteiger partial charge in [-0.3, -0.25) is 19.4 Å². The quantitative estimate of drug-likeness (QED) is 0.0722. The van der Waals surface area contributed by atoms with Crippen LogP contribution in [-0.4, -0.2) is 76.7 Å². The molecule has 196 valence electrons. The number of carbonyl (C=O) groups is 4. The molecule has 13 heteroatoms. The second kappa shape index (κ2) is 15.1. The molecule has 0 rings (SSSR count). The minimum atomic E-state index is -1.38. The van der Waals surface area contributed by atoms with Gasteiger partial charge in [0.05, 0.1) is 12.1 Å². The third kappa shape index (κ3) is 10.8. The Hall–Kier alpha value is -2.93. The van der Waals surface area contributed by atoms with Crippen LogP contribution in [0.25, 0.3) is 0 Å². The number of carbonyl (C=O) groups excluding carboxylic acids is 3. The zero-order valence-corrected chi connectivity index (χ0v) is 20.6. The first-order valence-corrected chi connectivity index (χ1v) is 11.4. The van der Waals surface area contributed by atoms with Crippen LogP contribution < -0.4 is 33.2 Å². The van der Waals surface area contributed by atoms with E-state index in [0.29, 0.717) is 12.8 Å². The van der Waals surface area contributed by atoms with Gasteiger partial charge in [0.2, 0.25) is 17.7 Å². The number of carboxylic acid groups (broad SMARTS) is 1. The molecule has 34 heavy (non-hydrogen) atoms. The largest absolute Gasteiger partial charge is 0.480 e. The van der Waals surface area contributed by atoms with Crippen molar-refractivity contribution in [2.45, 2.75) is 84.2 Å². The van der Waals surface area contributed by atoms with Gasteiger partial charge in [-0.15, -0.1) is 0 Å². The third-order valence-electron chi connectivity index (χ3n) is 5.44. The summed E-state index contributed by atoms with van der Waals surface area (Å²) in [5, 5.41) is 26.9. The number of aliphatic hydroxyl groups is 1. The summed E-state index contributed by atoms with van der Waals surface area (Å²) in [5.41, 5.74) is 16.4. The number of nitrogens with zero attached hydrogens (tertiary/aromatic N) is 1. The highest BCUT2D eigenvalue weighted by Gasteiger charge is 2.33. The van der Waals surface area contributed by atoms with Crippen LogP contribution >= 0.6 is 0 Å². The Morgan fingerprint density at radius 2 is 1.47 bits per heavy atom. The third-order valence-corrected chi connectivity index (χ3v) is 5.44. The summed E-state index contributed by atoms with van der Waals surface area (Å²) in [6.07, 6.45) is -0.417. The van der Waals surface area contributed by atoms with E-state index >= 15 is 0 Å². The molecule has 0 aromatic carbocycles. The molecule has 0 aromatic rings. The molecule has 0 saturated carbocycles. The molecule has 3 amide bonds. The van der Waals surface area contributed by atoms with Crippen molar-refractivity contribution in [3.8, 4) is 0 Å². The average Bonchev–Trinajstić information content (AvgIpc) is 2.75. The molecule has 0 fully saturated rings. The van der Waals surface area contributed by atoms with Crippen molar-refractivity contribution < 1.29 is 29.4 Å². The molecular formula is C21H41N7O6. The number of nitrogens with two attached hydrogens (primary N) is 3. The van der Waals surface area contributed by atoms with E-state index < -0.39 is 54.0 Å². The van der Waals surface area contributed by atoms with Crippen molar-refractivity contribution in [2.75, 3.05) is 6.54 Å². The molecule has 0 saturated heterocycles. The molecule has 0 aliphatic carbocycles. The van der Waals surface area contributed by atoms with Crippen LogP contribution in [0.2, 0.25) is 0 Å². The van der Waals surface area contributed by atoms with Crippen LogP contribution in [0.4, 0.5) is 0 Å². The first-order chi connectivity index (χ1) is 15.7. The predicted molar refractivity (Wildman–Crippen MR) is 127 cm³/mol.